The summed E-state index contributed by atoms with van der Waals surface area (Å²) in [6, 6.07) is 2.58. The molecule has 0 spiro atoms. The summed E-state index contributed by atoms with van der Waals surface area (Å²) in [6.45, 7) is 0.0183. The van der Waals surface area contributed by atoms with Crippen LogP contribution in [0.1, 0.15) is 10.5 Å². The number of esters is 1. The second kappa shape index (κ2) is 6.32. The average Bonchev–Trinajstić information content (AvgIpc) is 2.76. The maximum Gasteiger partial charge on any atom is 0.323 e. The van der Waals surface area contributed by atoms with Gasteiger partial charge in [-0.25, -0.2) is 4.57 Å². The SMILES string of the molecule is COC(=O)C(Br)CNC(=O)c1ccc([N+](=O)[O-])n1C. The molecule has 0 bridgehead atoms. The van der Waals surface area contributed by atoms with Crippen molar-refractivity contribution < 1.29 is 19.2 Å². The third-order valence-electron chi connectivity index (χ3n) is 2.41. The molecule has 1 rings (SSSR count). The lowest BCUT2D eigenvalue weighted by molar-refractivity contribution is -0.391. The van der Waals surface area contributed by atoms with Gasteiger partial charge in [0.1, 0.15) is 4.83 Å². The highest BCUT2D eigenvalue weighted by Crippen LogP contribution is 2.14. The normalized spacial score (nSPS) is 11.7. The molecule has 1 atom stereocenters. The molecule has 0 aliphatic carbocycles. The quantitative estimate of drug-likeness (QED) is 0.368. The van der Waals surface area contributed by atoms with E-state index >= 15 is 0 Å². The van der Waals surface area contributed by atoms with E-state index in [0.717, 1.165) is 4.57 Å². The van der Waals surface area contributed by atoms with Crippen LogP contribution in [0.3, 0.4) is 0 Å². The standard InChI is InChI=1S/C10H12BrN3O5/c1-13-7(3-4-8(13)14(17)18)9(15)12-5-6(11)10(16)19-2/h3-4,6H,5H2,1-2H3,(H,12,15). The number of hydrogen-bond acceptors (Lipinski definition) is 5. The lowest BCUT2D eigenvalue weighted by atomic mass is 10.3. The zero-order valence-electron chi connectivity index (χ0n) is 10.3. The molecule has 8 nitrogen and oxygen atoms in total. The molecule has 1 aromatic heterocycles. The second-order valence-corrected chi connectivity index (χ2v) is 4.70. The van der Waals surface area contributed by atoms with Crippen molar-refractivity contribution in [3.05, 3.63) is 27.9 Å². The highest BCUT2D eigenvalue weighted by atomic mass is 79.9. The number of methoxy groups -OCH3 is 1. The number of alkyl halides is 1. The molecule has 0 saturated carbocycles. The van der Waals surface area contributed by atoms with Gasteiger partial charge >= 0.3 is 11.8 Å². The van der Waals surface area contributed by atoms with Crippen molar-refractivity contribution in [3.8, 4) is 0 Å². The molecule has 0 aromatic carbocycles. The molecular formula is C10H12BrN3O5. The average molecular weight is 334 g/mol. The van der Waals surface area contributed by atoms with Crippen LogP contribution in [0, 0.1) is 10.1 Å². The van der Waals surface area contributed by atoms with Crippen LogP contribution in [0.15, 0.2) is 12.1 Å². The number of hydrogen-bond donors (Lipinski definition) is 1. The van der Waals surface area contributed by atoms with Crippen LogP contribution in [0.2, 0.25) is 0 Å². The van der Waals surface area contributed by atoms with Gasteiger partial charge in [0.25, 0.3) is 5.91 Å². The van der Waals surface area contributed by atoms with E-state index in [9.17, 15) is 19.7 Å². The number of nitro groups is 1. The Morgan fingerprint density at radius 1 is 1.58 bits per heavy atom. The van der Waals surface area contributed by atoms with Gasteiger partial charge in [-0.1, -0.05) is 15.9 Å². The Morgan fingerprint density at radius 3 is 2.68 bits per heavy atom. The fourth-order valence-corrected chi connectivity index (χ4v) is 1.74. The third kappa shape index (κ3) is 3.53. The zero-order chi connectivity index (χ0) is 14.6. The Labute approximate surface area is 117 Å². The first-order chi connectivity index (χ1) is 8.88. The van der Waals surface area contributed by atoms with E-state index in [0.29, 0.717) is 0 Å². The molecule has 1 unspecified atom stereocenters. The number of carbonyl (C=O) groups excluding carboxylic acids is 2. The smallest absolute Gasteiger partial charge is 0.323 e. The molecule has 1 heterocycles. The Bertz CT molecular complexity index is 513. The molecule has 1 aromatic rings. The summed E-state index contributed by atoms with van der Waals surface area (Å²) in [6.07, 6.45) is 0. The molecule has 0 aliphatic heterocycles. The summed E-state index contributed by atoms with van der Waals surface area (Å²) in [5, 5.41) is 13.1. The second-order valence-electron chi connectivity index (χ2n) is 3.59. The van der Waals surface area contributed by atoms with Crippen LogP contribution in [0.5, 0.6) is 0 Å². The van der Waals surface area contributed by atoms with Gasteiger partial charge < -0.3 is 20.2 Å². The van der Waals surface area contributed by atoms with Crippen LogP contribution in [0.4, 0.5) is 5.82 Å². The van der Waals surface area contributed by atoms with Gasteiger partial charge in [0.2, 0.25) is 0 Å². The molecule has 1 amide bonds. The summed E-state index contributed by atoms with van der Waals surface area (Å²) >= 11 is 3.05. The van der Waals surface area contributed by atoms with Gasteiger partial charge in [-0.3, -0.25) is 9.59 Å². The largest absolute Gasteiger partial charge is 0.468 e. The molecule has 104 valence electrons. The van der Waals surface area contributed by atoms with Crippen LogP contribution < -0.4 is 5.32 Å². The Balaban J connectivity index is 2.69. The number of halogens is 1. The van der Waals surface area contributed by atoms with Crippen LogP contribution in [-0.2, 0) is 16.6 Å². The van der Waals surface area contributed by atoms with E-state index in [2.05, 4.69) is 26.0 Å². The molecule has 19 heavy (non-hydrogen) atoms. The Hall–Kier alpha value is -1.90. The number of nitrogens with one attached hydrogen (secondary N) is 1. The number of amides is 1. The maximum atomic E-state index is 11.8. The summed E-state index contributed by atoms with van der Waals surface area (Å²) < 4.78 is 5.64. The summed E-state index contributed by atoms with van der Waals surface area (Å²) in [4.78, 5) is 32.3. The fraction of sp³-hybridized carbons (Fsp3) is 0.400. The first-order valence-electron chi connectivity index (χ1n) is 5.18. The topological polar surface area (TPSA) is 103 Å². The lowest BCUT2D eigenvalue weighted by Crippen LogP contribution is -2.34. The number of aromatic nitrogens is 1. The predicted octanol–water partition coefficient (Wildman–Crippen LogP) is 0.600. The molecule has 1 N–H and O–H groups in total. The van der Waals surface area contributed by atoms with Gasteiger partial charge in [-0.2, -0.15) is 0 Å². The predicted molar refractivity (Wildman–Crippen MR) is 69.1 cm³/mol. The number of rotatable bonds is 5. The Morgan fingerprint density at radius 2 is 2.21 bits per heavy atom. The minimum Gasteiger partial charge on any atom is -0.468 e. The van der Waals surface area contributed by atoms with Crippen molar-refractivity contribution in [1.29, 1.82) is 0 Å². The van der Waals surface area contributed by atoms with E-state index in [1.165, 1.54) is 26.3 Å². The first-order valence-corrected chi connectivity index (χ1v) is 6.10. The highest BCUT2D eigenvalue weighted by molar-refractivity contribution is 9.10. The van der Waals surface area contributed by atoms with Crippen molar-refractivity contribution in [2.45, 2.75) is 4.83 Å². The molecule has 9 heteroatoms. The van der Waals surface area contributed by atoms with Crippen molar-refractivity contribution in [2.75, 3.05) is 13.7 Å². The van der Waals surface area contributed by atoms with Gasteiger partial charge in [0.05, 0.1) is 14.2 Å². The van der Waals surface area contributed by atoms with Gasteiger partial charge in [-0.15, -0.1) is 0 Å². The lowest BCUT2D eigenvalue weighted by Gasteiger charge is -2.08. The van der Waals surface area contributed by atoms with Crippen LogP contribution in [0.25, 0.3) is 0 Å². The van der Waals surface area contributed by atoms with Gasteiger partial charge in [0, 0.05) is 12.6 Å². The molecular weight excluding hydrogens is 322 g/mol. The highest BCUT2D eigenvalue weighted by Gasteiger charge is 2.22. The van der Waals surface area contributed by atoms with Crippen molar-refractivity contribution in [2.24, 2.45) is 7.05 Å². The van der Waals surface area contributed by atoms with Gasteiger partial charge in [0.15, 0.2) is 5.69 Å². The Kier molecular flexibility index (Phi) is 5.04. The minimum absolute atomic E-state index is 0.0183. The van der Waals surface area contributed by atoms with Crippen molar-refractivity contribution in [3.63, 3.8) is 0 Å². The van der Waals surface area contributed by atoms with E-state index in [4.69, 9.17) is 0 Å². The summed E-state index contributed by atoms with van der Waals surface area (Å²) in [5.74, 6) is -1.21. The van der Waals surface area contributed by atoms with E-state index < -0.39 is 21.6 Å². The monoisotopic (exact) mass is 333 g/mol. The van der Waals surface area contributed by atoms with E-state index in [1.807, 2.05) is 0 Å². The maximum absolute atomic E-state index is 11.8. The van der Waals surface area contributed by atoms with Crippen LogP contribution in [-0.4, -0.2) is 39.8 Å². The van der Waals surface area contributed by atoms with Gasteiger partial charge in [-0.05, 0) is 11.0 Å². The third-order valence-corrected chi connectivity index (χ3v) is 3.11. The summed E-state index contributed by atoms with van der Waals surface area (Å²) in [5.41, 5.74) is 0.135. The van der Waals surface area contributed by atoms with E-state index in [-0.39, 0.29) is 18.1 Å². The van der Waals surface area contributed by atoms with E-state index in [1.54, 1.807) is 0 Å². The zero-order valence-corrected chi connectivity index (χ0v) is 11.8. The van der Waals surface area contributed by atoms with Crippen LogP contribution >= 0.6 is 15.9 Å². The molecule has 0 radical (unpaired) electrons. The molecule has 0 saturated heterocycles. The summed E-state index contributed by atoms with van der Waals surface area (Å²) in [7, 11) is 2.65. The van der Waals surface area contributed by atoms with Crippen molar-refractivity contribution in [1.82, 2.24) is 9.88 Å². The first kappa shape index (κ1) is 15.2. The number of ether oxygens (including phenoxy) is 1. The minimum atomic E-state index is -0.670. The number of carbonyl (C=O) groups is 2. The fourth-order valence-electron chi connectivity index (χ4n) is 1.40. The molecule has 0 fully saturated rings. The number of nitrogens with zero attached hydrogens (tertiary/aromatic N) is 2. The van der Waals surface area contributed by atoms with Crippen molar-refractivity contribution >= 4 is 33.6 Å². The molecule has 0 aliphatic rings.